The second-order valence-electron chi connectivity index (χ2n) is 3.65. The molecule has 0 aromatic heterocycles. The topological polar surface area (TPSA) is 0 Å². The third kappa shape index (κ3) is 4.24. The van der Waals surface area contributed by atoms with Gasteiger partial charge in [0.05, 0.1) is 0 Å². The third-order valence-corrected chi connectivity index (χ3v) is 2.52. The number of hydrogen-bond acceptors (Lipinski definition) is 0. The molecule has 2 unspecified atom stereocenters. The average molecular weight is 146 g/mol. The minimum absolute atomic E-state index is 0. The van der Waals surface area contributed by atoms with Gasteiger partial charge in [-0.3, -0.25) is 0 Å². The van der Waals surface area contributed by atoms with Crippen LogP contribution in [0.5, 0.6) is 0 Å². The van der Waals surface area contributed by atoms with Gasteiger partial charge in [-0.1, -0.05) is 46.0 Å². The fourth-order valence-electron chi connectivity index (χ4n) is 1.84. The Morgan fingerprint density at radius 1 is 1.36 bits per heavy atom. The maximum absolute atomic E-state index is 2.55. The molecular weight excluding hydrogens is 127 g/mol. The van der Waals surface area contributed by atoms with Crippen LogP contribution in [-0.4, -0.2) is 0 Å². The average Bonchev–Trinajstić information content (AvgIpc) is 2.31. The second-order valence-corrected chi connectivity index (χ2v) is 3.65. The molecule has 11 heavy (non-hydrogen) atoms. The number of hydrogen-bond donors (Lipinski definition) is 0. The summed E-state index contributed by atoms with van der Waals surface area (Å²) in [5, 5.41) is 0. The number of rotatable bonds is 3. The molecule has 0 radical (unpaired) electrons. The summed E-state index contributed by atoms with van der Waals surface area (Å²) in [7, 11) is 0. The zero-order valence-corrected chi connectivity index (χ0v) is 8.27. The van der Waals surface area contributed by atoms with E-state index in [1.807, 2.05) is 0 Å². The maximum atomic E-state index is 2.55. The van der Waals surface area contributed by atoms with Crippen LogP contribution in [0, 0.1) is 18.3 Å². The maximum Gasteiger partial charge on any atom is 1.00 e. The van der Waals surface area contributed by atoms with E-state index in [0.29, 0.717) is 0 Å². The molecule has 1 fully saturated rings. The summed E-state index contributed by atoms with van der Waals surface area (Å²) in [5.41, 5.74) is 0. The van der Waals surface area contributed by atoms with E-state index in [-0.39, 0.29) is 18.9 Å². The first-order valence-electron chi connectivity index (χ1n) is 4.68. The first kappa shape index (κ1) is 11.6. The van der Waals surface area contributed by atoms with Crippen molar-refractivity contribution in [2.45, 2.75) is 46.0 Å². The first-order chi connectivity index (χ1) is 4.83. The van der Waals surface area contributed by atoms with Crippen molar-refractivity contribution in [2.24, 2.45) is 11.8 Å². The van der Waals surface area contributed by atoms with Gasteiger partial charge in [0.15, 0.2) is 0 Å². The predicted molar refractivity (Wildman–Crippen MR) is 45.7 cm³/mol. The Balaban J connectivity index is 0.000001000. The molecule has 0 amide bonds. The van der Waals surface area contributed by atoms with Crippen molar-refractivity contribution in [2.75, 3.05) is 0 Å². The Kier molecular flexibility index (Phi) is 6.49. The molecule has 0 spiro atoms. The molecular formula is C10H19Li. The molecule has 1 heteroatoms. The van der Waals surface area contributed by atoms with E-state index in [1.54, 1.807) is 0 Å². The molecule has 1 aliphatic carbocycles. The predicted octanol–water partition coefficient (Wildman–Crippen LogP) is 0.431. The van der Waals surface area contributed by atoms with Gasteiger partial charge in [0.1, 0.15) is 0 Å². The van der Waals surface area contributed by atoms with Crippen molar-refractivity contribution in [1.29, 1.82) is 0 Å². The molecule has 0 saturated heterocycles. The van der Waals surface area contributed by atoms with Crippen molar-refractivity contribution in [3.8, 4) is 0 Å². The van der Waals surface area contributed by atoms with Crippen molar-refractivity contribution in [1.82, 2.24) is 0 Å². The van der Waals surface area contributed by atoms with Crippen LogP contribution in [0.25, 0.3) is 0 Å². The SMILES string of the molecule is CCCCC1[CH-]C(C)CC1.[Li+]. The van der Waals surface area contributed by atoms with Gasteiger partial charge >= 0.3 is 18.9 Å². The molecule has 0 N–H and O–H groups in total. The summed E-state index contributed by atoms with van der Waals surface area (Å²) in [6.07, 6.45) is 9.68. The van der Waals surface area contributed by atoms with Crippen LogP contribution in [0.3, 0.4) is 0 Å². The Morgan fingerprint density at radius 3 is 2.55 bits per heavy atom. The van der Waals surface area contributed by atoms with Crippen LogP contribution < -0.4 is 18.9 Å². The molecule has 0 bridgehead atoms. The summed E-state index contributed by atoms with van der Waals surface area (Å²) < 4.78 is 0. The Morgan fingerprint density at radius 2 is 2.09 bits per heavy atom. The van der Waals surface area contributed by atoms with E-state index in [4.69, 9.17) is 0 Å². The first-order valence-corrected chi connectivity index (χ1v) is 4.68. The van der Waals surface area contributed by atoms with E-state index in [0.717, 1.165) is 11.8 Å². The summed E-state index contributed by atoms with van der Waals surface area (Å²) in [6, 6.07) is 0. The summed E-state index contributed by atoms with van der Waals surface area (Å²) in [6.45, 7) is 4.62. The molecule has 1 aliphatic rings. The van der Waals surface area contributed by atoms with Gasteiger partial charge in [-0.2, -0.15) is 11.8 Å². The normalized spacial score (nSPS) is 30.0. The van der Waals surface area contributed by atoms with Crippen molar-refractivity contribution < 1.29 is 18.9 Å². The molecule has 0 aliphatic heterocycles. The molecule has 0 heterocycles. The standard InChI is InChI=1S/C10H19.Li/c1-3-4-5-10-7-6-9(2)8-10;/h8-10H,3-7H2,1-2H3;/q-1;+1. The van der Waals surface area contributed by atoms with Crippen LogP contribution in [0.15, 0.2) is 0 Å². The molecule has 60 valence electrons. The fraction of sp³-hybridized carbons (Fsp3) is 0.900. The Bertz CT molecular complexity index is 90.9. The minimum atomic E-state index is 0. The van der Waals surface area contributed by atoms with Gasteiger partial charge in [0, 0.05) is 0 Å². The molecule has 2 atom stereocenters. The zero-order valence-electron chi connectivity index (χ0n) is 8.27. The molecule has 1 rings (SSSR count). The Labute approximate surface area is 83.3 Å². The van der Waals surface area contributed by atoms with E-state index in [2.05, 4.69) is 20.3 Å². The van der Waals surface area contributed by atoms with Crippen LogP contribution in [0.2, 0.25) is 0 Å². The van der Waals surface area contributed by atoms with Crippen LogP contribution in [-0.2, 0) is 0 Å². The summed E-state index contributed by atoms with van der Waals surface area (Å²) in [4.78, 5) is 0. The van der Waals surface area contributed by atoms with Crippen LogP contribution >= 0.6 is 0 Å². The fourth-order valence-corrected chi connectivity index (χ4v) is 1.84. The van der Waals surface area contributed by atoms with Gasteiger partial charge in [-0.05, 0) is 0 Å². The van der Waals surface area contributed by atoms with Crippen LogP contribution in [0.4, 0.5) is 0 Å². The van der Waals surface area contributed by atoms with Crippen molar-refractivity contribution in [3.05, 3.63) is 6.42 Å². The van der Waals surface area contributed by atoms with Gasteiger partial charge in [-0.25, -0.2) is 0 Å². The van der Waals surface area contributed by atoms with Gasteiger partial charge < -0.3 is 6.42 Å². The van der Waals surface area contributed by atoms with E-state index < -0.39 is 0 Å². The molecule has 0 aromatic rings. The smallest absolute Gasteiger partial charge is 0.323 e. The molecule has 0 aromatic carbocycles. The monoisotopic (exact) mass is 146 g/mol. The van der Waals surface area contributed by atoms with Crippen molar-refractivity contribution in [3.63, 3.8) is 0 Å². The van der Waals surface area contributed by atoms with Gasteiger partial charge in [0.25, 0.3) is 0 Å². The minimum Gasteiger partial charge on any atom is -0.323 e. The third-order valence-electron chi connectivity index (χ3n) is 2.52. The van der Waals surface area contributed by atoms with Crippen LogP contribution in [0.1, 0.15) is 46.0 Å². The summed E-state index contributed by atoms with van der Waals surface area (Å²) in [5.74, 6) is 1.87. The second kappa shape index (κ2) is 6.15. The van der Waals surface area contributed by atoms with Gasteiger partial charge in [-0.15, -0.1) is 0 Å². The quantitative estimate of drug-likeness (QED) is 0.400. The van der Waals surface area contributed by atoms with Crippen molar-refractivity contribution >= 4 is 0 Å². The van der Waals surface area contributed by atoms with E-state index in [9.17, 15) is 0 Å². The summed E-state index contributed by atoms with van der Waals surface area (Å²) >= 11 is 0. The Hall–Kier alpha value is 0.597. The van der Waals surface area contributed by atoms with E-state index in [1.165, 1.54) is 32.1 Å². The van der Waals surface area contributed by atoms with Gasteiger partial charge in [0.2, 0.25) is 0 Å². The molecule has 1 saturated carbocycles. The zero-order chi connectivity index (χ0) is 7.40. The van der Waals surface area contributed by atoms with E-state index >= 15 is 0 Å². The largest absolute Gasteiger partial charge is 1.00 e. The number of unbranched alkanes of at least 4 members (excludes halogenated alkanes) is 1. The molecule has 0 nitrogen and oxygen atoms in total.